The van der Waals surface area contributed by atoms with Crippen LogP contribution in [0.4, 0.5) is 0 Å². The van der Waals surface area contributed by atoms with Crippen LogP contribution in [0, 0.1) is 6.92 Å². The molecule has 1 amide bonds. The summed E-state index contributed by atoms with van der Waals surface area (Å²) in [6.07, 6.45) is 1.54. The van der Waals surface area contributed by atoms with E-state index in [9.17, 15) is 19.5 Å². The van der Waals surface area contributed by atoms with Crippen LogP contribution < -0.4 is 9.47 Å². The minimum Gasteiger partial charge on any atom is -0.507 e. The maximum absolute atomic E-state index is 13.1. The number of carbonyl (C=O) groups is 3. The minimum atomic E-state index is -0.793. The van der Waals surface area contributed by atoms with E-state index in [0.29, 0.717) is 41.2 Å². The normalized spacial score (nSPS) is 17.5. The lowest BCUT2D eigenvalue weighted by Crippen LogP contribution is -2.30. The van der Waals surface area contributed by atoms with Crippen molar-refractivity contribution in [2.75, 3.05) is 13.7 Å². The Hall–Kier alpha value is -3.61. The maximum Gasteiger partial charge on any atom is 0.308 e. The fourth-order valence-electron chi connectivity index (χ4n) is 3.87. The second-order valence-electron chi connectivity index (χ2n) is 7.69. The van der Waals surface area contributed by atoms with Crippen LogP contribution in [-0.4, -0.2) is 41.3 Å². The molecule has 7 heteroatoms. The molecule has 0 saturated carbocycles. The highest BCUT2D eigenvalue weighted by Gasteiger charge is 2.46. The number of ether oxygens (including phenoxy) is 2. The molecule has 168 valence electrons. The first kappa shape index (κ1) is 23.1. The second kappa shape index (κ2) is 9.68. The molecule has 32 heavy (non-hydrogen) atoms. The molecule has 2 aromatic carbocycles. The molecule has 1 aliphatic heterocycles. The molecular formula is C25H27NO6. The van der Waals surface area contributed by atoms with Gasteiger partial charge in [-0.25, -0.2) is 0 Å². The Morgan fingerprint density at radius 1 is 1.12 bits per heavy atom. The summed E-state index contributed by atoms with van der Waals surface area (Å²) in [6, 6.07) is 11.0. The van der Waals surface area contributed by atoms with Crippen molar-refractivity contribution in [1.82, 2.24) is 4.90 Å². The predicted octanol–water partition coefficient (Wildman–Crippen LogP) is 4.15. The molecule has 7 nitrogen and oxygen atoms in total. The summed E-state index contributed by atoms with van der Waals surface area (Å²) in [5.41, 5.74) is 1.74. The summed E-state index contributed by atoms with van der Waals surface area (Å²) >= 11 is 0. The van der Waals surface area contributed by atoms with E-state index in [1.807, 2.05) is 6.92 Å². The molecule has 0 aromatic heterocycles. The predicted molar refractivity (Wildman–Crippen MR) is 119 cm³/mol. The third-order valence-corrected chi connectivity index (χ3v) is 5.42. The molecule has 0 bridgehead atoms. The van der Waals surface area contributed by atoms with E-state index in [1.165, 1.54) is 11.8 Å². The number of aliphatic hydroxyl groups excluding tert-OH is 1. The number of aryl methyl sites for hydroxylation is 1. The standard InChI is InChI=1S/C25H27NO6/c1-5-6-12-26-22(17-8-7-9-19(14-17)32-16(3)27)21(24(29)25(26)30)23(28)20-11-10-18(31-4)13-15(20)2/h7-11,13-14,22,28H,5-6,12H2,1-4H3/b23-21+. The molecule has 2 aromatic rings. The lowest BCUT2D eigenvalue weighted by Gasteiger charge is -2.25. The highest BCUT2D eigenvalue weighted by molar-refractivity contribution is 6.46. The number of unbranched alkanes of at least 4 members (excludes halogenated alkanes) is 1. The van der Waals surface area contributed by atoms with Gasteiger partial charge in [-0.2, -0.15) is 0 Å². The van der Waals surface area contributed by atoms with Gasteiger partial charge in [-0.15, -0.1) is 0 Å². The fourth-order valence-corrected chi connectivity index (χ4v) is 3.87. The van der Waals surface area contributed by atoms with Gasteiger partial charge in [0, 0.05) is 19.0 Å². The van der Waals surface area contributed by atoms with Gasteiger partial charge in [0.25, 0.3) is 11.7 Å². The van der Waals surface area contributed by atoms with Gasteiger partial charge in [-0.1, -0.05) is 25.5 Å². The van der Waals surface area contributed by atoms with Crippen molar-refractivity contribution < 1.29 is 29.0 Å². The molecular weight excluding hydrogens is 410 g/mol. The summed E-state index contributed by atoms with van der Waals surface area (Å²) in [4.78, 5) is 38.8. The lowest BCUT2D eigenvalue weighted by molar-refractivity contribution is -0.139. The van der Waals surface area contributed by atoms with Gasteiger partial charge in [-0.3, -0.25) is 14.4 Å². The Kier molecular flexibility index (Phi) is 6.98. The minimum absolute atomic E-state index is 0.0133. The van der Waals surface area contributed by atoms with Crippen molar-refractivity contribution in [2.24, 2.45) is 0 Å². The molecule has 1 N–H and O–H groups in total. The number of aliphatic hydroxyl groups is 1. The van der Waals surface area contributed by atoms with Gasteiger partial charge in [0.1, 0.15) is 17.3 Å². The first-order valence-electron chi connectivity index (χ1n) is 10.5. The fraction of sp³-hybridized carbons (Fsp3) is 0.320. The van der Waals surface area contributed by atoms with E-state index >= 15 is 0 Å². The molecule has 1 fully saturated rings. The Bertz CT molecular complexity index is 1090. The van der Waals surface area contributed by atoms with E-state index in [0.717, 1.165) is 6.42 Å². The zero-order valence-electron chi connectivity index (χ0n) is 18.7. The van der Waals surface area contributed by atoms with Gasteiger partial charge in [0.05, 0.1) is 18.7 Å². The number of amides is 1. The van der Waals surface area contributed by atoms with E-state index in [2.05, 4.69) is 0 Å². The van der Waals surface area contributed by atoms with Crippen molar-refractivity contribution >= 4 is 23.4 Å². The largest absolute Gasteiger partial charge is 0.507 e. The molecule has 0 aliphatic carbocycles. The second-order valence-corrected chi connectivity index (χ2v) is 7.69. The number of benzene rings is 2. The molecule has 1 atom stereocenters. The number of hydrogen-bond acceptors (Lipinski definition) is 6. The van der Waals surface area contributed by atoms with Crippen LogP contribution >= 0.6 is 0 Å². The van der Waals surface area contributed by atoms with Crippen LogP contribution in [-0.2, 0) is 14.4 Å². The number of carbonyl (C=O) groups excluding carboxylic acids is 3. The molecule has 0 radical (unpaired) electrons. The van der Waals surface area contributed by atoms with Crippen molar-refractivity contribution in [3.05, 3.63) is 64.7 Å². The smallest absolute Gasteiger partial charge is 0.308 e. The SMILES string of the molecule is CCCCN1C(=O)C(=O)/C(=C(/O)c2ccc(OC)cc2C)C1c1cccc(OC(C)=O)c1. The summed E-state index contributed by atoms with van der Waals surface area (Å²) in [5.74, 6) is -1.20. The summed E-state index contributed by atoms with van der Waals surface area (Å²) in [5, 5.41) is 11.2. The Morgan fingerprint density at radius 3 is 2.50 bits per heavy atom. The van der Waals surface area contributed by atoms with Crippen LogP contribution in [0.2, 0.25) is 0 Å². The zero-order valence-corrected chi connectivity index (χ0v) is 18.7. The molecule has 1 aliphatic rings. The summed E-state index contributed by atoms with van der Waals surface area (Å²) in [7, 11) is 1.55. The zero-order chi connectivity index (χ0) is 23.4. The van der Waals surface area contributed by atoms with Gasteiger partial charge in [-0.05, 0) is 54.8 Å². The highest BCUT2D eigenvalue weighted by Crippen LogP contribution is 2.41. The summed E-state index contributed by atoms with van der Waals surface area (Å²) < 4.78 is 10.4. The topological polar surface area (TPSA) is 93.1 Å². The number of nitrogens with zero attached hydrogens (tertiary/aromatic N) is 1. The molecule has 1 unspecified atom stereocenters. The van der Waals surface area contributed by atoms with Crippen LogP contribution in [0.5, 0.6) is 11.5 Å². The number of likely N-dealkylation sites (tertiary alicyclic amines) is 1. The number of hydrogen-bond donors (Lipinski definition) is 1. The number of methoxy groups -OCH3 is 1. The quantitative estimate of drug-likeness (QED) is 0.230. The average molecular weight is 437 g/mol. The number of rotatable bonds is 7. The molecule has 1 heterocycles. The highest BCUT2D eigenvalue weighted by atomic mass is 16.5. The summed E-state index contributed by atoms with van der Waals surface area (Å²) in [6.45, 7) is 5.45. The van der Waals surface area contributed by atoms with Crippen LogP contribution in [0.3, 0.4) is 0 Å². The van der Waals surface area contributed by atoms with E-state index in [-0.39, 0.29) is 11.3 Å². The average Bonchev–Trinajstić information content (AvgIpc) is 3.01. The molecule has 3 rings (SSSR count). The molecule has 0 spiro atoms. The van der Waals surface area contributed by atoms with Gasteiger partial charge in [0.2, 0.25) is 0 Å². The number of esters is 1. The van der Waals surface area contributed by atoms with Crippen LogP contribution in [0.1, 0.15) is 49.4 Å². The third kappa shape index (κ3) is 4.51. The van der Waals surface area contributed by atoms with E-state index < -0.39 is 23.7 Å². The van der Waals surface area contributed by atoms with Crippen LogP contribution in [0.25, 0.3) is 5.76 Å². The van der Waals surface area contributed by atoms with Gasteiger partial charge >= 0.3 is 5.97 Å². The van der Waals surface area contributed by atoms with Crippen molar-refractivity contribution in [2.45, 2.75) is 39.7 Å². The van der Waals surface area contributed by atoms with Crippen molar-refractivity contribution in [3.63, 3.8) is 0 Å². The maximum atomic E-state index is 13.1. The number of ketones is 1. The third-order valence-electron chi connectivity index (χ3n) is 5.42. The molecule has 1 saturated heterocycles. The Morgan fingerprint density at radius 2 is 1.88 bits per heavy atom. The first-order valence-corrected chi connectivity index (χ1v) is 10.5. The van der Waals surface area contributed by atoms with Crippen molar-refractivity contribution in [1.29, 1.82) is 0 Å². The monoisotopic (exact) mass is 437 g/mol. The van der Waals surface area contributed by atoms with E-state index in [1.54, 1.807) is 56.5 Å². The van der Waals surface area contributed by atoms with Crippen molar-refractivity contribution in [3.8, 4) is 11.5 Å². The lowest BCUT2D eigenvalue weighted by atomic mass is 9.93. The van der Waals surface area contributed by atoms with Gasteiger partial charge < -0.3 is 19.5 Å². The Balaban J connectivity index is 2.18. The first-order chi connectivity index (χ1) is 15.3. The Labute approximate surface area is 187 Å². The van der Waals surface area contributed by atoms with Gasteiger partial charge in [0.15, 0.2) is 0 Å². The number of Topliss-reactive ketones (excluding diaryl/α,β-unsaturated/α-hetero) is 1. The van der Waals surface area contributed by atoms with E-state index in [4.69, 9.17) is 9.47 Å². The van der Waals surface area contributed by atoms with Crippen LogP contribution in [0.15, 0.2) is 48.0 Å².